The molecule has 1 aliphatic heterocycles. The molecule has 0 saturated carbocycles. The molecule has 0 unspecified atom stereocenters. The number of rotatable bonds is 5. The number of amides is 1. The number of hydrogen-bond acceptors (Lipinski definition) is 6. The molecular formula is C15H18N4O2S. The van der Waals surface area contributed by atoms with Gasteiger partial charge in [-0.2, -0.15) is 0 Å². The van der Waals surface area contributed by atoms with E-state index in [4.69, 9.17) is 4.74 Å². The molecular weight excluding hydrogens is 300 g/mol. The van der Waals surface area contributed by atoms with Crippen LogP contribution in [0.5, 0.6) is 0 Å². The fourth-order valence-electron chi connectivity index (χ4n) is 2.48. The van der Waals surface area contributed by atoms with Crippen molar-refractivity contribution in [2.45, 2.75) is 6.04 Å². The predicted octanol–water partition coefficient (Wildman–Crippen LogP) is 1.34. The number of morpholine rings is 1. The Hall–Kier alpha value is -1.83. The van der Waals surface area contributed by atoms with E-state index in [9.17, 15) is 4.79 Å². The SMILES string of the molecule is O=C(NC[C@H](c1cccs1)N1CCOCC1)c1cnccn1. The highest BCUT2D eigenvalue weighted by atomic mass is 32.1. The third-order valence-corrected chi connectivity index (χ3v) is 4.58. The van der Waals surface area contributed by atoms with Crippen LogP contribution in [-0.2, 0) is 4.74 Å². The summed E-state index contributed by atoms with van der Waals surface area (Å²) in [6.45, 7) is 3.78. The molecule has 3 rings (SSSR count). The monoisotopic (exact) mass is 318 g/mol. The molecule has 1 atom stereocenters. The molecule has 1 amide bonds. The van der Waals surface area contributed by atoms with E-state index in [1.54, 1.807) is 17.5 Å². The maximum absolute atomic E-state index is 12.1. The van der Waals surface area contributed by atoms with Gasteiger partial charge in [-0.05, 0) is 11.4 Å². The Morgan fingerprint density at radius 1 is 1.41 bits per heavy atom. The maximum Gasteiger partial charge on any atom is 0.271 e. The molecule has 7 heteroatoms. The van der Waals surface area contributed by atoms with Gasteiger partial charge in [-0.3, -0.25) is 14.7 Å². The van der Waals surface area contributed by atoms with Crippen LogP contribution in [0.25, 0.3) is 0 Å². The topological polar surface area (TPSA) is 67.4 Å². The molecule has 1 N–H and O–H groups in total. The molecule has 1 aliphatic rings. The van der Waals surface area contributed by atoms with Gasteiger partial charge in [0.25, 0.3) is 5.91 Å². The molecule has 0 spiro atoms. The lowest BCUT2D eigenvalue weighted by Crippen LogP contribution is -2.43. The van der Waals surface area contributed by atoms with Crippen LogP contribution in [0.2, 0.25) is 0 Å². The fourth-order valence-corrected chi connectivity index (χ4v) is 3.34. The van der Waals surface area contributed by atoms with Crippen molar-refractivity contribution in [1.29, 1.82) is 0 Å². The van der Waals surface area contributed by atoms with Crippen molar-refractivity contribution in [3.63, 3.8) is 0 Å². The zero-order valence-electron chi connectivity index (χ0n) is 12.1. The second-order valence-electron chi connectivity index (χ2n) is 4.98. The van der Waals surface area contributed by atoms with Gasteiger partial charge in [-0.15, -0.1) is 11.3 Å². The van der Waals surface area contributed by atoms with Crippen LogP contribution >= 0.6 is 11.3 Å². The summed E-state index contributed by atoms with van der Waals surface area (Å²) in [6.07, 6.45) is 4.55. The highest BCUT2D eigenvalue weighted by Crippen LogP contribution is 2.25. The molecule has 0 radical (unpaired) electrons. The van der Waals surface area contributed by atoms with Crippen LogP contribution < -0.4 is 5.32 Å². The molecule has 1 saturated heterocycles. The first kappa shape index (κ1) is 15.1. The minimum Gasteiger partial charge on any atom is -0.379 e. The van der Waals surface area contributed by atoms with Gasteiger partial charge in [0.05, 0.1) is 25.5 Å². The van der Waals surface area contributed by atoms with E-state index in [1.165, 1.54) is 17.3 Å². The molecule has 6 nitrogen and oxygen atoms in total. The Morgan fingerprint density at radius 2 is 2.27 bits per heavy atom. The number of hydrogen-bond donors (Lipinski definition) is 1. The van der Waals surface area contributed by atoms with Gasteiger partial charge >= 0.3 is 0 Å². The van der Waals surface area contributed by atoms with E-state index in [1.807, 2.05) is 6.07 Å². The van der Waals surface area contributed by atoms with Crippen molar-refractivity contribution in [3.8, 4) is 0 Å². The maximum atomic E-state index is 12.1. The van der Waals surface area contributed by atoms with Crippen molar-refractivity contribution in [1.82, 2.24) is 20.2 Å². The highest BCUT2D eigenvalue weighted by Gasteiger charge is 2.24. The molecule has 22 heavy (non-hydrogen) atoms. The van der Waals surface area contributed by atoms with Crippen molar-refractivity contribution >= 4 is 17.2 Å². The summed E-state index contributed by atoms with van der Waals surface area (Å²) in [4.78, 5) is 23.7. The van der Waals surface area contributed by atoms with E-state index in [2.05, 4.69) is 31.6 Å². The number of carbonyl (C=O) groups excluding carboxylic acids is 1. The predicted molar refractivity (Wildman–Crippen MR) is 83.8 cm³/mol. The van der Waals surface area contributed by atoms with E-state index in [-0.39, 0.29) is 11.9 Å². The zero-order chi connectivity index (χ0) is 15.2. The Kier molecular flexibility index (Phi) is 5.10. The lowest BCUT2D eigenvalue weighted by molar-refractivity contribution is 0.0169. The van der Waals surface area contributed by atoms with Gasteiger partial charge in [0.15, 0.2) is 0 Å². The number of thiophene rings is 1. The van der Waals surface area contributed by atoms with Gasteiger partial charge in [0.2, 0.25) is 0 Å². The third kappa shape index (κ3) is 3.68. The number of carbonyl (C=O) groups is 1. The largest absolute Gasteiger partial charge is 0.379 e. The number of nitrogens with zero attached hydrogens (tertiary/aromatic N) is 3. The summed E-state index contributed by atoms with van der Waals surface area (Å²) < 4.78 is 5.42. The standard InChI is InChI=1S/C15H18N4O2S/c20-15(12-10-16-3-4-17-12)18-11-13(14-2-1-9-22-14)19-5-7-21-8-6-19/h1-4,9-10,13H,5-8,11H2,(H,18,20)/t13-/m1/s1. The summed E-state index contributed by atoms with van der Waals surface area (Å²) >= 11 is 1.71. The van der Waals surface area contributed by atoms with Gasteiger partial charge in [0.1, 0.15) is 5.69 Å². The second kappa shape index (κ2) is 7.44. The number of aromatic nitrogens is 2. The van der Waals surface area contributed by atoms with Crippen LogP contribution in [-0.4, -0.2) is 53.6 Å². The molecule has 1 fully saturated rings. The summed E-state index contributed by atoms with van der Waals surface area (Å²) in [6, 6.07) is 4.32. The molecule has 2 aromatic heterocycles. The average Bonchev–Trinajstić information content (AvgIpc) is 3.11. The Morgan fingerprint density at radius 3 is 2.95 bits per heavy atom. The minimum absolute atomic E-state index is 0.171. The van der Waals surface area contributed by atoms with Crippen molar-refractivity contribution < 1.29 is 9.53 Å². The molecule has 0 aliphatic carbocycles. The zero-order valence-corrected chi connectivity index (χ0v) is 13.0. The lowest BCUT2D eigenvalue weighted by Gasteiger charge is -2.34. The van der Waals surface area contributed by atoms with Crippen LogP contribution in [0.1, 0.15) is 21.4 Å². The molecule has 0 aromatic carbocycles. The summed E-state index contributed by atoms with van der Waals surface area (Å²) in [5.41, 5.74) is 0.342. The Bertz CT molecular complexity index is 585. The van der Waals surface area contributed by atoms with Crippen LogP contribution in [0.3, 0.4) is 0 Å². The van der Waals surface area contributed by atoms with E-state index >= 15 is 0 Å². The van der Waals surface area contributed by atoms with Crippen LogP contribution in [0, 0.1) is 0 Å². The van der Waals surface area contributed by atoms with Gasteiger partial charge < -0.3 is 10.1 Å². The lowest BCUT2D eigenvalue weighted by atomic mass is 10.2. The highest BCUT2D eigenvalue weighted by molar-refractivity contribution is 7.10. The van der Waals surface area contributed by atoms with Crippen LogP contribution in [0.4, 0.5) is 0 Å². The molecule has 0 bridgehead atoms. The minimum atomic E-state index is -0.192. The van der Waals surface area contributed by atoms with E-state index in [0.717, 1.165) is 26.3 Å². The van der Waals surface area contributed by atoms with Gasteiger partial charge in [0, 0.05) is 36.9 Å². The molecule has 3 heterocycles. The van der Waals surface area contributed by atoms with Crippen LogP contribution in [0.15, 0.2) is 36.1 Å². The number of nitrogens with one attached hydrogen (secondary N) is 1. The van der Waals surface area contributed by atoms with Gasteiger partial charge in [-0.25, -0.2) is 4.98 Å². The quantitative estimate of drug-likeness (QED) is 0.901. The Balaban J connectivity index is 1.66. The first-order valence-electron chi connectivity index (χ1n) is 7.24. The smallest absolute Gasteiger partial charge is 0.271 e. The van der Waals surface area contributed by atoms with Crippen molar-refractivity contribution in [2.24, 2.45) is 0 Å². The normalized spacial score (nSPS) is 17.1. The third-order valence-electron chi connectivity index (χ3n) is 3.61. The Labute approximate surface area is 133 Å². The first-order chi connectivity index (χ1) is 10.8. The average molecular weight is 318 g/mol. The molecule has 116 valence electrons. The summed E-state index contributed by atoms with van der Waals surface area (Å²) in [7, 11) is 0. The van der Waals surface area contributed by atoms with Crippen molar-refractivity contribution in [3.05, 3.63) is 46.7 Å². The molecule has 2 aromatic rings. The fraction of sp³-hybridized carbons (Fsp3) is 0.400. The second-order valence-corrected chi connectivity index (χ2v) is 5.96. The summed E-state index contributed by atoms with van der Waals surface area (Å²) in [5.74, 6) is -0.192. The number of ether oxygens (including phenoxy) is 1. The van der Waals surface area contributed by atoms with E-state index in [0.29, 0.717) is 12.2 Å². The summed E-state index contributed by atoms with van der Waals surface area (Å²) in [5, 5.41) is 5.03. The first-order valence-corrected chi connectivity index (χ1v) is 8.12. The van der Waals surface area contributed by atoms with E-state index < -0.39 is 0 Å². The van der Waals surface area contributed by atoms with Crippen molar-refractivity contribution in [2.75, 3.05) is 32.8 Å². The van der Waals surface area contributed by atoms with Gasteiger partial charge in [-0.1, -0.05) is 6.07 Å².